The summed E-state index contributed by atoms with van der Waals surface area (Å²) in [5.74, 6) is 2.20. The highest BCUT2D eigenvalue weighted by Crippen LogP contribution is 2.07. The largest absolute Gasteiger partial charge is 0.327 e. The van der Waals surface area contributed by atoms with E-state index in [-0.39, 0.29) is 0 Å². The first kappa shape index (κ1) is 11.6. The second-order valence-corrected chi connectivity index (χ2v) is 4.59. The molecule has 2 N–H and O–H groups in total. The second kappa shape index (κ2) is 6.09. The molecule has 0 amide bonds. The molecule has 1 rings (SSSR count). The van der Waals surface area contributed by atoms with Crippen LogP contribution in [0.4, 0.5) is 0 Å². The number of rotatable bonds is 6. The Morgan fingerprint density at radius 2 is 2.43 bits per heavy atom. The van der Waals surface area contributed by atoms with Crippen LogP contribution < -0.4 is 5.73 Å². The number of hydrogen-bond donors (Lipinski definition) is 1. The first-order chi connectivity index (χ1) is 6.74. The van der Waals surface area contributed by atoms with Crippen LogP contribution in [0.1, 0.15) is 19.0 Å². The maximum Gasteiger partial charge on any atom is 0.0492 e. The minimum Gasteiger partial charge on any atom is -0.327 e. The van der Waals surface area contributed by atoms with E-state index in [1.54, 1.807) is 0 Å². The molecule has 1 atom stereocenters. The van der Waals surface area contributed by atoms with Crippen molar-refractivity contribution in [1.82, 2.24) is 9.78 Å². The van der Waals surface area contributed by atoms with E-state index in [0.717, 1.165) is 24.3 Å². The summed E-state index contributed by atoms with van der Waals surface area (Å²) in [4.78, 5) is 0. The highest BCUT2D eigenvalue weighted by Gasteiger charge is 2.01. The fourth-order valence-corrected chi connectivity index (χ4v) is 2.23. The quantitative estimate of drug-likeness (QED) is 0.727. The molecule has 0 spiro atoms. The van der Waals surface area contributed by atoms with E-state index in [1.807, 2.05) is 29.7 Å². The predicted octanol–water partition coefficient (Wildman–Crippen LogP) is 1.43. The molecule has 4 heteroatoms. The Labute approximate surface area is 90.1 Å². The van der Waals surface area contributed by atoms with Crippen molar-refractivity contribution in [2.24, 2.45) is 12.8 Å². The average Bonchev–Trinajstić information content (AvgIpc) is 2.58. The lowest BCUT2D eigenvalue weighted by Gasteiger charge is -2.07. The number of thioether (sulfide) groups is 1. The van der Waals surface area contributed by atoms with Crippen LogP contribution in [0.5, 0.6) is 0 Å². The molecule has 0 fully saturated rings. The lowest BCUT2D eigenvalue weighted by molar-refractivity contribution is 0.716. The summed E-state index contributed by atoms with van der Waals surface area (Å²) in [5.41, 5.74) is 7.12. The second-order valence-electron chi connectivity index (χ2n) is 3.44. The smallest absolute Gasteiger partial charge is 0.0492 e. The van der Waals surface area contributed by atoms with Gasteiger partial charge in [0.15, 0.2) is 0 Å². The van der Waals surface area contributed by atoms with Gasteiger partial charge in [-0.05, 0) is 24.7 Å². The zero-order chi connectivity index (χ0) is 10.4. The Hall–Kier alpha value is -0.480. The third-order valence-electron chi connectivity index (χ3n) is 2.28. The molecular weight excluding hydrogens is 194 g/mol. The maximum absolute atomic E-state index is 5.82. The molecule has 1 aromatic rings. The molecule has 0 aromatic carbocycles. The molecule has 0 aliphatic heterocycles. The van der Waals surface area contributed by atoms with E-state index in [9.17, 15) is 0 Å². The van der Waals surface area contributed by atoms with Crippen molar-refractivity contribution in [3.63, 3.8) is 0 Å². The van der Waals surface area contributed by atoms with E-state index in [1.165, 1.54) is 5.69 Å². The average molecular weight is 213 g/mol. The Bertz CT molecular complexity index is 260. The van der Waals surface area contributed by atoms with Gasteiger partial charge < -0.3 is 5.73 Å². The van der Waals surface area contributed by atoms with Gasteiger partial charge in [0.05, 0.1) is 0 Å². The van der Waals surface area contributed by atoms with Crippen LogP contribution in [0, 0.1) is 0 Å². The van der Waals surface area contributed by atoms with Crippen LogP contribution in [0.25, 0.3) is 0 Å². The minimum atomic E-state index is 0.353. The highest BCUT2D eigenvalue weighted by molar-refractivity contribution is 7.99. The van der Waals surface area contributed by atoms with Crippen molar-refractivity contribution in [2.45, 2.75) is 25.8 Å². The normalized spacial score (nSPS) is 13.1. The van der Waals surface area contributed by atoms with Gasteiger partial charge >= 0.3 is 0 Å². The van der Waals surface area contributed by atoms with Gasteiger partial charge in [-0.2, -0.15) is 16.9 Å². The van der Waals surface area contributed by atoms with Crippen LogP contribution in [-0.2, 0) is 13.5 Å². The van der Waals surface area contributed by atoms with Gasteiger partial charge in [0.2, 0.25) is 0 Å². The molecule has 0 saturated carbocycles. The highest BCUT2D eigenvalue weighted by atomic mass is 32.2. The summed E-state index contributed by atoms with van der Waals surface area (Å²) < 4.78 is 1.93. The number of nitrogens with two attached hydrogens (primary N) is 1. The predicted molar refractivity (Wildman–Crippen MR) is 62.5 cm³/mol. The standard InChI is InChI=1S/C10H19N3S/c1-3-9(11)8-14-7-5-10-4-6-12-13(10)2/h4,6,9H,3,5,7-8,11H2,1-2H3. The Balaban J connectivity index is 2.13. The van der Waals surface area contributed by atoms with E-state index < -0.39 is 0 Å². The van der Waals surface area contributed by atoms with Crippen LogP contribution in [0.15, 0.2) is 12.3 Å². The molecule has 1 aromatic heterocycles. The Morgan fingerprint density at radius 1 is 1.64 bits per heavy atom. The van der Waals surface area contributed by atoms with E-state index in [4.69, 9.17) is 5.73 Å². The van der Waals surface area contributed by atoms with Crippen molar-refractivity contribution in [3.05, 3.63) is 18.0 Å². The van der Waals surface area contributed by atoms with Crippen molar-refractivity contribution >= 4 is 11.8 Å². The third-order valence-corrected chi connectivity index (χ3v) is 3.44. The first-order valence-corrected chi connectivity index (χ1v) is 6.19. The monoisotopic (exact) mass is 213 g/mol. The zero-order valence-corrected chi connectivity index (χ0v) is 9.76. The SMILES string of the molecule is CCC(N)CSCCc1ccnn1C. The van der Waals surface area contributed by atoms with Gasteiger partial charge in [0.25, 0.3) is 0 Å². The molecule has 0 radical (unpaired) electrons. The topological polar surface area (TPSA) is 43.8 Å². The van der Waals surface area contributed by atoms with E-state index in [2.05, 4.69) is 18.1 Å². The van der Waals surface area contributed by atoms with Crippen molar-refractivity contribution < 1.29 is 0 Å². The fraction of sp³-hybridized carbons (Fsp3) is 0.700. The summed E-state index contributed by atoms with van der Waals surface area (Å²) in [7, 11) is 1.98. The summed E-state index contributed by atoms with van der Waals surface area (Å²) in [6, 6.07) is 2.42. The van der Waals surface area contributed by atoms with Crippen LogP contribution in [-0.4, -0.2) is 27.3 Å². The van der Waals surface area contributed by atoms with Crippen molar-refractivity contribution in [2.75, 3.05) is 11.5 Å². The molecule has 0 aliphatic carbocycles. The molecule has 14 heavy (non-hydrogen) atoms. The van der Waals surface area contributed by atoms with Gasteiger partial charge in [0, 0.05) is 30.7 Å². The van der Waals surface area contributed by atoms with Gasteiger partial charge in [-0.25, -0.2) is 0 Å². The molecular formula is C10H19N3S. The van der Waals surface area contributed by atoms with Crippen LogP contribution in [0.2, 0.25) is 0 Å². The molecule has 80 valence electrons. The Morgan fingerprint density at radius 3 is 3.00 bits per heavy atom. The third kappa shape index (κ3) is 3.72. The molecule has 1 unspecified atom stereocenters. The zero-order valence-electron chi connectivity index (χ0n) is 8.94. The van der Waals surface area contributed by atoms with Crippen molar-refractivity contribution in [3.8, 4) is 0 Å². The number of nitrogens with zero attached hydrogens (tertiary/aromatic N) is 2. The Kier molecular flexibility index (Phi) is 5.04. The van der Waals surface area contributed by atoms with Crippen LogP contribution >= 0.6 is 11.8 Å². The summed E-state index contributed by atoms with van der Waals surface area (Å²) in [5, 5.41) is 4.13. The number of hydrogen-bond acceptors (Lipinski definition) is 3. The maximum atomic E-state index is 5.82. The van der Waals surface area contributed by atoms with Gasteiger partial charge in [-0.15, -0.1) is 0 Å². The molecule has 0 saturated heterocycles. The molecule has 0 aliphatic rings. The lowest BCUT2D eigenvalue weighted by atomic mass is 10.3. The number of aryl methyl sites for hydroxylation is 2. The van der Waals surface area contributed by atoms with E-state index in [0.29, 0.717) is 6.04 Å². The first-order valence-electron chi connectivity index (χ1n) is 5.04. The minimum absolute atomic E-state index is 0.353. The summed E-state index contributed by atoms with van der Waals surface area (Å²) >= 11 is 1.93. The summed E-state index contributed by atoms with van der Waals surface area (Å²) in [6.07, 6.45) is 3.99. The summed E-state index contributed by atoms with van der Waals surface area (Å²) in [6.45, 7) is 2.13. The fourth-order valence-electron chi connectivity index (χ4n) is 1.18. The van der Waals surface area contributed by atoms with Crippen LogP contribution in [0.3, 0.4) is 0 Å². The van der Waals surface area contributed by atoms with Gasteiger partial charge in [-0.1, -0.05) is 6.92 Å². The molecule has 0 bridgehead atoms. The van der Waals surface area contributed by atoms with Crippen molar-refractivity contribution in [1.29, 1.82) is 0 Å². The number of aromatic nitrogens is 2. The molecule has 3 nitrogen and oxygen atoms in total. The molecule has 1 heterocycles. The lowest BCUT2D eigenvalue weighted by Crippen LogP contribution is -2.21. The van der Waals surface area contributed by atoms with Gasteiger partial charge in [0.1, 0.15) is 0 Å². The van der Waals surface area contributed by atoms with Gasteiger partial charge in [-0.3, -0.25) is 4.68 Å². The van der Waals surface area contributed by atoms with E-state index >= 15 is 0 Å².